The average Bonchev–Trinajstić information content (AvgIpc) is 2.74. The highest BCUT2D eigenvalue weighted by molar-refractivity contribution is 5.84. The lowest BCUT2D eigenvalue weighted by Crippen LogP contribution is -2.51. The van der Waals surface area contributed by atoms with E-state index < -0.39 is 12.0 Å². The number of piperidine rings is 1. The van der Waals surface area contributed by atoms with Crippen molar-refractivity contribution < 1.29 is 19.1 Å². The van der Waals surface area contributed by atoms with Gasteiger partial charge in [-0.3, -0.25) is 14.4 Å². The summed E-state index contributed by atoms with van der Waals surface area (Å²) < 4.78 is 4.60. The van der Waals surface area contributed by atoms with Crippen LogP contribution in [0.2, 0.25) is 0 Å². The molecule has 0 bridgehead atoms. The highest BCUT2D eigenvalue weighted by Crippen LogP contribution is 2.36. The summed E-state index contributed by atoms with van der Waals surface area (Å²) in [4.78, 5) is 36.6. The lowest BCUT2D eigenvalue weighted by molar-refractivity contribution is -0.142. The quantitative estimate of drug-likeness (QED) is 0.677. The Balaban J connectivity index is 1.94. The summed E-state index contributed by atoms with van der Waals surface area (Å²) in [5.41, 5.74) is 5.50. The van der Waals surface area contributed by atoms with E-state index in [4.69, 9.17) is 5.73 Å². The number of likely N-dealkylation sites (tertiary alicyclic amines) is 1. The van der Waals surface area contributed by atoms with Gasteiger partial charge in [-0.2, -0.15) is 0 Å². The molecule has 0 saturated carbocycles. The van der Waals surface area contributed by atoms with Crippen molar-refractivity contribution in [2.75, 3.05) is 20.2 Å². The standard InChI is InChI=1S/C14H23N3O4/c1-9(18)17-5-3-14(4-6-17)8-10(12(19)16-14)7-11(15)13(20)21-2/h10-11H,3-8,15H2,1-2H3,(H,16,19)/t10-,11+/m1/s1. The zero-order valence-corrected chi connectivity index (χ0v) is 12.6. The first kappa shape index (κ1) is 15.8. The molecule has 2 aliphatic rings. The molecule has 0 aliphatic carbocycles. The van der Waals surface area contributed by atoms with Gasteiger partial charge in [0.25, 0.3) is 0 Å². The molecule has 0 aromatic rings. The molecule has 21 heavy (non-hydrogen) atoms. The molecular weight excluding hydrogens is 274 g/mol. The van der Waals surface area contributed by atoms with Crippen LogP contribution in [0.15, 0.2) is 0 Å². The molecule has 0 aromatic heterocycles. The van der Waals surface area contributed by atoms with Crippen LogP contribution in [0.5, 0.6) is 0 Å². The van der Waals surface area contributed by atoms with Gasteiger partial charge in [0.2, 0.25) is 11.8 Å². The van der Waals surface area contributed by atoms with Crippen molar-refractivity contribution in [3.05, 3.63) is 0 Å². The molecule has 2 amide bonds. The van der Waals surface area contributed by atoms with Crippen LogP contribution >= 0.6 is 0 Å². The number of rotatable bonds is 3. The van der Waals surface area contributed by atoms with Crippen molar-refractivity contribution in [3.8, 4) is 0 Å². The number of nitrogens with two attached hydrogens (primary N) is 1. The molecule has 0 aromatic carbocycles. The van der Waals surface area contributed by atoms with Crippen LogP contribution in [0.25, 0.3) is 0 Å². The van der Waals surface area contributed by atoms with E-state index in [2.05, 4.69) is 10.1 Å². The van der Waals surface area contributed by atoms with E-state index in [-0.39, 0.29) is 23.3 Å². The molecule has 2 heterocycles. The first-order chi connectivity index (χ1) is 9.87. The third kappa shape index (κ3) is 3.34. The van der Waals surface area contributed by atoms with Crippen LogP contribution in [-0.2, 0) is 19.1 Å². The third-order valence-electron chi connectivity index (χ3n) is 4.60. The second-order valence-corrected chi connectivity index (χ2v) is 6.04. The van der Waals surface area contributed by atoms with Crippen LogP contribution in [-0.4, -0.2) is 54.5 Å². The van der Waals surface area contributed by atoms with Crippen LogP contribution in [0.4, 0.5) is 0 Å². The number of methoxy groups -OCH3 is 1. The summed E-state index contributed by atoms with van der Waals surface area (Å²) in [5.74, 6) is -0.734. The van der Waals surface area contributed by atoms with Gasteiger partial charge in [-0.05, 0) is 25.7 Å². The Morgan fingerprint density at radius 3 is 2.62 bits per heavy atom. The normalized spacial score (nSPS) is 25.6. The first-order valence-corrected chi connectivity index (χ1v) is 7.28. The molecule has 7 heteroatoms. The summed E-state index contributed by atoms with van der Waals surface area (Å²) >= 11 is 0. The fourth-order valence-corrected chi connectivity index (χ4v) is 3.30. The van der Waals surface area contributed by atoms with Gasteiger partial charge in [-0.25, -0.2) is 0 Å². The van der Waals surface area contributed by atoms with Crippen molar-refractivity contribution in [1.82, 2.24) is 10.2 Å². The molecule has 118 valence electrons. The fraction of sp³-hybridized carbons (Fsp3) is 0.786. The summed E-state index contributed by atoms with van der Waals surface area (Å²) in [5, 5.41) is 3.06. The van der Waals surface area contributed by atoms with Crippen LogP contribution in [0, 0.1) is 5.92 Å². The largest absolute Gasteiger partial charge is 0.468 e. The fourth-order valence-electron chi connectivity index (χ4n) is 3.30. The van der Waals surface area contributed by atoms with E-state index in [1.807, 2.05) is 0 Å². The van der Waals surface area contributed by atoms with Crippen molar-refractivity contribution in [2.24, 2.45) is 11.7 Å². The molecule has 2 fully saturated rings. The molecule has 7 nitrogen and oxygen atoms in total. The maximum Gasteiger partial charge on any atom is 0.322 e. The lowest BCUT2D eigenvalue weighted by atomic mass is 9.82. The Morgan fingerprint density at radius 1 is 1.48 bits per heavy atom. The topological polar surface area (TPSA) is 102 Å². The number of hydrogen-bond acceptors (Lipinski definition) is 5. The van der Waals surface area contributed by atoms with Crippen molar-refractivity contribution in [3.63, 3.8) is 0 Å². The number of carbonyl (C=O) groups is 3. The predicted molar refractivity (Wildman–Crippen MR) is 75.1 cm³/mol. The first-order valence-electron chi connectivity index (χ1n) is 7.28. The van der Waals surface area contributed by atoms with Crippen molar-refractivity contribution in [1.29, 1.82) is 0 Å². The van der Waals surface area contributed by atoms with E-state index in [1.54, 1.807) is 11.8 Å². The molecule has 2 saturated heterocycles. The molecule has 1 spiro atoms. The molecule has 2 rings (SSSR count). The van der Waals surface area contributed by atoms with Gasteiger partial charge in [0.1, 0.15) is 6.04 Å². The van der Waals surface area contributed by atoms with Gasteiger partial charge >= 0.3 is 5.97 Å². The van der Waals surface area contributed by atoms with Crippen LogP contribution in [0.1, 0.15) is 32.6 Å². The van der Waals surface area contributed by atoms with Gasteiger partial charge in [-0.1, -0.05) is 0 Å². The maximum atomic E-state index is 12.1. The number of nitrogens with one attached hydrogen (secondary N) is 1. The van der Waals surface area contributed by atoms with E-state index in [0.717, 1.165) is 12.8 Å². The summed E-state index contributed by atoms with van der Waals surface area (Å²) in [6.45, 7) is 2.88. The highest BCUT2D eigenvalue weighted by Gasteiger charge is 2.46. The van der Waals surface area contributed by atoms with Crippen molar-refractivity contribution in [2.45, 2.75) is 44.2 Å². The van der Waals surface area contributed by atoms with Crippen LogP contribution in [0.3, 0.4) is 0 Å². The van der Waals surface area contributed by atoms with Crippen molar-refractivity contribution >= 4 is 17.8 Å². The lowest BCUT2D eigenvalue weighted by Gasteiger charge is -2.39. The monoisotopic (exact) mass is 297 g/mol. The van der Waals surface area contributed by atoms with E-state index in [1.165, 1.54) is 7.11 Å². The number of esters is 1. The molecule has 0 radical (unpaired) electrons. The Bertz CT molecular complexity index is 444. The second kappa shape index (κ2) is 6.01. The Hall–Kier alpha value is -1.63. The average molecular weight is 297 g/mol. The number of hydrogen-bond donors (Lipinski definition) is 2. The van der Waals surface area contributed by atoms with Gasteiger partial charge in [0.05, 0.1) is 7.11 Å². The Labute approximate surface area is 124 Å². The number of amides is 2. The number of carbonyl (C=O) groups excluding carboxylic acids is 3. The molecule has 2 aliphatic heterocycles. The predicted octanol–water partition coefficient (Wildman–Crippen LogP) is -0.606. The van der Waals surface area contributed by atoms with Crippen LogP contribution < -0.4 is 11.1 Å². The minimum Gasteiger partial charge on any atom is -0.468 e. The molecular formula is C14H23N3O4. The summed E-state index contributed by atoms with van der Waals surface area (Å²) in [6.07, 6.45) is 2.48. The summed E-state index contributed by atoms with van der Waals surface area (Å²) in [6, 6.07) is -0.766. The third-order valence-corrected chi connectivity index (χ3v) is 4.60. The molecule has 2 atom stereocenters. The van der Waals surface area contributed by atoms with Gasteiger partial charge < -0.3 is 20.7 Å². The highest BCUT2D eigenvalue weighted by atomic mass is 16.5. The molecule has 3 N–H and O–H groups in total. The van der Waals surface area contributed by atoms with E-state index >= 15 is 0 Å². The van der Waals surface area contributed by atoms with Gasteiger partial charge in [0.15, 0.2) is 0 Å². The maximum absolute atomic E-state index is 12.1. The zero-order valence-electron chi connectivity index (χ0n) is 12.6. The minimum atomic E-state index is -0.766. The van der Waals surface area contributed by atoms with Gasteiger partial charge in [-0.15, -0.1) is 0 Å². The van der Waals surface area contributed by atoms with Gasteiger partial charge in [0, 0.05) is 31.5 Å². The summed E-state index contributed by atoms with van der Waals surface area (Å²) in [7, 11) is 1.29. The number of ether oxygens (including phenoxy) is 1. The zero-order chi connectivity index (χ0) is 15.6. The SMILES string of the molecule is COC(=O)[C@@H](N)C[C@@H]1CC2(CCN(C(C)=O)CC2)NC1=O. The molecule has 0 unspecified atom stereocenters. The Kier molecular flexibility index (Phi) is 4.51. The minimum absolute atomic E-state index is 0.0503. The smallest absolute Gasteiger partial charge is 0.322 e. The van der Waals surface area contributed by atoms with E-state index in [9.17, 15) is 14.4 Å². The van der Waals surface area contributed by atoms with E-state index in [0.29, 0.717) is 25.9 Å². The Morgan fingerprint density at radius 2 is 2.10 bits per heavy atom. The number of nitrogens with zero attached hydrogens (tertiary/aromatic N) is 1. The second-order valence-electron chi connectivity index (χ2n) is 6.04.